The fourth-order valence-corrected chi connectivity index (χ4v) is 2.38. The number of aryl methyl sites for hydroxylation is 1. The molecule has 0 fully saturated rings. The maximum Gasteiger partial charge on any atom is 0.268 e. The second-order valence-corrected chi connectivity index (χ2v) is 5.44. The number of nitrogens with zero attached hydrogens (tertiary/aromatic N) is 1. The van der Waals surface area contributed by atoms with Crippen molar-refractivity contribution < 1.29 is 14.7 Å². The van der Waals surface area contributed by atoms with Crippen molar-refractivity contribution >= 4 is 23.3 Å². The van der Waals surface area contributed by atoms with Crippen molar-refractivity contribution in [3.8, 4) is 0 Å². The molecule has 0 aliphatic heterocycles. The van der Waals surface area contributed by atoms with Gasteiger partial charge in [0.25, 0.3) is 5.91 Å². The summed E-state index contributed by atoms with van der Waals surface area (Å²) in [6.07, 6.45) is 0.701. The predicted octanol–water partition coefficient (Wildman–Crippen LogP) is 2.34. The Kier molecular flexibility index (Phi) is 5.00. The molecule has 2 N–H and O–H groups in total. The highest BCUT2D eigenvalue weighted by atomic mass is 35.5. The fourth-order valence-electron chi connectivity index (χ4n) is 2.12. The third-order valence-corrected chi connectivity index (χ3v) is 3.71. The fraction of sp³-hybridized carbons (Fsp3) is 0.250. The van der Waals surface area contributed by atoms with Crippen molar-refractivity contribution in [3.05, 3.63) is 58.4 Å². The molecule has 6 heteroatoms. The number of aliphatic hydroxyl groups excluding tert-OH is 1. The van der Waals surface area contributed by atoms with Crippen LogP contribution in [-0.2, 0) is 7.05 Å². The van der Waals surface area contributed by atoms with E-state index in [2.05, 4.69) is 5.32 Å². The Hall–Kier alpha value is -2.11. The number of ketones is 1. The zero-order chi connectivity index (χ0) is 16.3. The third kappa shape index (κ3) is 3.55. The number of hydrogen-bond acceptors (Lipinski definition) is 3. The van der Waals surface area contributed by atoms with Crippen LogP contribution in [0.25, 0.3) is 0 Å². The molecule has 1 aromatic heterocycles. The number of aromatic nitrogens is 1. The van der Waals surface area contributed by atoms with Gasteiger partial charge in [0.15, 0.2) is 5.78 Å². The van der Waals surface area contributed by atoms with E-state index >= 15 is 0 Å². The number of rotatable bonds is 5. The molecule has 2 rings (SSSR count). The molecule has 0 spiro atoms. The van der Waals surface area contributed by atoms with Crippen molar-refractivity contribution in [2.75, 3.05) is 6.54 Å². The van der Waals surface area contributed by atoms with Gasteiger partial charge in [-0.2, -0.15) is 0 Å². The van der Waals surface area contributed by atoms with Gasteiger partial charge in [0.05, 0.1) is 6.10 Å². The SMILES string of the molecule is CC(=O)c1cc(C(=O)NCC(O)c2ccccc2Cl)n(C)c1. The van der Waals surface area contributed by atoms with Crippen LogP contribution in [0.3, 0.4) is 0 Å². The average molecular weight is 321 g/mol. The Labute approximate surface area is 133 Å². The van der Waals surface area contributed by atoms with Crippen molar-refractivity contribution in [2.45, 2.75) is 13.0 Å². The molecule has 22 heavy (non-hydrogen) atoms. The van der Waals surface area contributed by atoms with Gasteiger partial charge in [-0.1, -0.05) is 29.8 Å². The zero-order valence-corrected chi connectivity index (χ0v) is 13.1. The van der Waals surface area contributed by atoms with Crippen LogP contribution in [0, 0.1) is 0 Å². The molecule has 5 nitrogen and oxygen atoms in total. The van der Waals surface area contributed by atoms with Crippen LogP contribution in [0.2, 0.25) is 5.02 Å². The van der Waals surface area contributed by atoms with Crippen LogP contribution < -0.4 is 5.32 Å². The Morgan fingerprint density at radius 3 is 2.64 bits per heavy atom. The lowest BCUT2D eigenvalue weighted by Crippen LogP contribution is -2.29. The van der Waals surface area contributed by atoms with Gasteiger partial charge in [-0.15, -0.1) is 0 Å². The summed E-state index contributed by atoms with van der Waals surface area (Å²) in [5.41, 5.74) is 1.39. The van der Waals surface area contributed by atoms with Gasteiger partial charge in [-0.25, -0.2) is 0 Å². The second kappa shape index (κ2) is 6.77. The highest BCUT2D eigenvalue weighted by Crippen LogP contribution is 2.22. The first-order valence-corrected chi connectivity index (χ1v) is 7.16. The molecule has 1 atom stereocenters. The summed E-state index contributed by atoms with van der Waals surface area (Å²) in [6, 6.07) is 8.44. The molecule has 0 saturated heterocycles. The minimum atomic E-state index is -0.898. The Morgan fingerprint density at radius 1 is 1.36 bits per heavy atom. The number of hydrogen-bond donors (Lipinski definition) is 2. The number of nitrogens with one attached hydrogen (secondary N) is 1. The monoisotopic (exact) mass is 320 g/mol. The van der Waals surface area contributed by atoms with E-state index in [1.165, 1.54) is 13.0 Å². The van der Waals surface area contributed by atoms with Crippen LogP contribution in [-0.4, -0.2) is 27.9 Å². The maximum atomic E-state index is 12.1. The van der Waals surface area contributed by atoms with E-state index in [1.54, 1.807) is 42.1 Å². The quantitative estimate of drug-likeness (QED) is 0.831. The molecule has 0 radical (unpaired) electrons. The van der Waals surface area contributed by atoms with E-state index < -0.39 is 6.10 Å². The first-order chi connectivity index (χ1) is 10.4. The number of aliphatic hydroxyl groups is 1. The molecule has 0 aliphatic rings. The zero-order valence-electron chi connectivity index (χ0n) is 12.3. The summed E-state index contributed by atoms with van der Waals surface area (Å²) in [7, 11) is 1.69. The largest absolute Gasteiger partial charge is 0.387 e. The molecule has 2 aromatic rings. The van der Waals surface area contributed by atoms with Gasteiger partial charge in [0, 0.05) is 35.9 Å². The standard InChI is InChI=1S/C16H17ClN2O3/c1-10(20)11-7-14(19(2)9-11)16(22)18-8-15(21)12-5-3-4-6-13(12)17/h3-7,9,15,21H,8H2,1-2H3,(H,18,22). The smallest absolute Gasteiger partial charge is 0.268 e. The lowest BCUT2D eigenvalue weighted by Gasteiger charge is -2.13. The Balaban J connectivity index is 2.04. The number of benzene rings is 1. The summed E-state index contributed by atoms with van der Waals surface area (Å²) in [6.45, 7) is 1.47. The van der Waals surface area contributed by atoms with Crippen LogP contribution in [0.4, 0.5) is 0 Å². The third-order valence-electron chi connectivity index (χ3n) is 3.36. The van der Waals surface area contributed by atoms with Gasteiger partial charge < -0.3 is 15.0 Å². The van der Waals surface area contributed by atoms with Gasteiger partial charge >= 0.3 is 0 Å². The first kappa shape index (κ1) is 16.3. The van der Waals surface area contributed by atoms with Gasteiger partial charge in [-0.05, 0) is 19.1 Å². The first-order valence-electron chi connectivity index (χ1n) is 6.78. The number of carbonyl (C=O) groups excluding carboxylic acids is 2. The normalized spacial score (nSPS) is 12.0. The van der Waals surface area contributed by atoms with Crippen molar-refractivity contribution in [3.63, 3.8) is 0 Å². The minimum absolute atomic E-state index is 0.0309. The van der Waals surface area contributed by atoms with E-state index in [4.69, 9.17) is 11.6 Å². The highest BCUT2D eigenvalue weighted by Gasteiger charge is 2.16. The number of amides is 1. The summed E-state index contributed by atoms with van der Waals surface area (Å²) >= 11 is 6.00. The van der Waals surface area contributed by atoms with Gasteiger partial charge in [-0.3, -0.25) is 9.59 Å². The van der Waals surface area contributed by atoms with E-state index in [0.29, 0.717) is 21.8 Å². The average Bonchev–Trinajstić information content (AvgIpc) is 2.87. The van der Waals surface area contributed by atoms with Crippen molar-refractivity contribution in [1.29, 1.82) is 0 Å². The lowest BCUT2D eigenvalue weighted by atomic mass is 10.1. The molecule has 1 aromatic carbocycles. The van der Waals surface area contributed by atoms with Crippen LogP contribution in [0.5, 0.6) is 0 Å². The van der Waals surface area contributed by atoms with Crippen molar-refractivity contribution in [2.24, 2.45) is 7.05 Å². The molecule has 0 saturated carbocycles. The molecule has 0 aliphatic carbocycles. The number of halogens is 1. The van der Waals surface area contributed by atoms with E-state index in [1.807, 2.05) is 0 Å². The molecular formula is C16H17ClN2O3. The van der Waals surface area contributed by atoms with E-state index in [-0.39, 0.29) is 18.2 Å². The van der Waals surface area contributed by atoms with E-state index in [0.717, 1.165) is 0 Å². The molecule has 0 bridgehead atoms. The summed E-state index contributed by atoms with van der Waals surface area (Å²) in [4.78, 5) is 23.5. The number of Topliss-reactive ketones (excluding diaryl/α,β-unsaturated/α-hetero) is 1. The van der Waals surface area contributed by atoms with Crippen LogP contribution in [0.1, 0.15) is 39.4 Å². The van der Waals surface area contributed by atoms with Gasteiger partial charge in [0.1, 0.15) is 5.69 Å². The van der Waals surface area contributed by atoms with Crippen LogP contribution in [0.15, 0.2) is 36.5 Å². The Bertz CT molecular complexity index is 709. The summed E-state index contributed by atoms with van der Waals surface area (Å²) < 4.78 is 1.58. The summed E-state index contributed by atoms with van der Waals surface area (Å²) in [5.74, 6) is -0.466. The highest BCUT2D eigenvalue weighted by molar-refractivity contribution is 6.31. The summed E-state index contributed by atoms with van der Waals surface area (Å²) in [5, 5.41) is 13.2. The molecule has 1 amide bonds. The molecule has 116 valence electrons. The maximum absolute atomic E-state index is 12.1. The number of carbonyl (C=O) groups is 2. The topological polar surface area (TPSA) is 71.3 Å². The molecule has 1 heterocycles. The Morgan fingerprint density at radius 2 is 2.05 bits per heavy atom. The molecule has 1 unspecified atom stereocenters. The predicted molar refractivity (Wildman–Crippen MR) is 84.2 cm³/mol. The molecular weight excluding hydrogens is 304 g/mol. The minimum Gasteiger partial charge on any atom is -0.387 e. The van der Waals surface area contributed by atoms with Gasteiger partial charge in [0.2, 0.25) is 0 Å². The van der Waals surface area contributed by atoms with Crippen LogP contribution >= 0.6 is 11.6 Å². The second-order valence-electron chi connectivity index (χ2n) is 5.03. The van der Waals surface area contributed by atoms with Crippen molar-refractivity contribution in [1.82, 2.24) is 9.88 Å². The lowest BCUT2D eigenvalue weighted by molar-refractivity contribution is 0.0908. The van der Waals surface area contributed by atoms with E-state index in [9.17, 15) is 14.7 Å².